The second-order valence-electron chi connectivity index (χ2n) is 8.30. The fraction of sp³-hybridized carbons (Fsp3) is 0.333. The molecular formula is C27H29NO4S. The second-order valence-corrected chi connectivity index (χ2v) is 9.40. The van der Waals surface area contributed by atoms with E-state index < -0.39 is 6.10 Å². The molecule has 5 nitrogen and oxygen atoms in total. The first-order chi connectivity index (χ1) is 16.0. The molecule has 6 heteroatoms. The zero-order valence-corrected chi connectivity index (χ0v) is 20.0. The normalized spacial score (nSPS) is 15.9. The summed E-state index contributed by atoms with van der Waals surface area (Å²) in [6.45, 7) is 5.92. The zero-order chi connectivity index (χ0) is 23.4. The lowest BCUT2D eigenvalue weighted by Crippen LogP contribution is -2.30. The highest BCUT2D eigenvalue weighted by atomic mass is 32.1. The Labute approximate surface area is 198 Å². The number of anilines is 1. The van der Waals surface area contributed by atoms with Gasteiger partial charge < -0.3 is 14.8 Å². The monoisotopic (exact) mass is 463 g/mol. The molecule has 1 heterocycles. The van der Waals surface area contributed by atoms with Gasteiger partial charge in [-0.2, -0.15) is 0 Å². The Morgan fingerprint density at radius 3 is 2.48 bits per heavy atom. The summed E-state index contributed by atoms with van der Waals surface area (Å²) in [5, 5.41) is 3.50. The highest BCUT2D eigenvalue weighted by Gasteiger charge is 2.31. The quantitative estimate of drug-likeness (QED) is 0.410. The van der Waals surface area contributed by atoms with Crippen molar-refractivity contribution in [1.29, 1.82) is 0 Å². The topological polar surface area (TPSA) is 64.6 Å². The van der Waals surface area contributed by atoms with Crippen molar-refractivity contribution in [3.05, 3.63) is 70.6 Å². The number of esters is 1. The molecule has 0 fully saturated rings. The molecule has 4 rings (SSSR count). The number of amides is 1. The Hall–Kier alpha value is -3.12. The van der Waals surface area contributed by atoms with E-state index in [0.717, 1.165) is 40.8 Å². The maximum atomic E-state index is 13.0. The maximum absolute atomic E-state index is 13.0. The van der Waals surface area contributed by atoms with Crippen molar-refractivity contribution in [2.75, 3.05) is 11.9 Å². The van der Waals surface area contributed by atoms with Gasteiger partial charge in [0.2, 0.25) is 0 Å². The van der Waals surface area contributed by atoms with Gasteiger partial charge in [-0.05, 0) is 67.9 Å². The molecule has 0 saturated heterocycles. The van der Waals surface area contributed by atoms with Crippen molar-refractivity contribution in [2.45, 2.75) is 52.1 Å². The Morgan fingerprint density at radius 2 is 1.79 bits per heavy atom. The van der Waals surface area contributed by atoms with Crippen LogP contribution in [-0.2, 0) is 16.0 Å². The Balaban J connectivity index is 1.48. The zero-order valence-electron chi connectivity index (χ0n) is 19.2. The smallest absolute Gasteiger partial charge is 0.341 e. The third-order valence-electron chi connectivity index (χ3n) is 5.92. The summed E-state index contributed by atoms with van der Waals surface area (Å²) < 4.78 is 11.2. The van der Waals surface area contributed by atoms with Gasteiger partial charge in [-0.15, -0.1) is 11.3 Å². The maximum Gasteiger partial charge on any atom is 0.341 e. The third kappa shape index (κ3) is 5.11. The Bertz CT molecular complexity index is 1120. The van der Waals surface area contributed by atoms with E-state index in [1.165, 1.54) is 11.3 Å². The number of hydrogen-bond donors (Lipinski definition) is 1. The molecule has 1 amide bonds. The number of benzene rings is 2. The number of carbonyl (C=O) groups excluding carboxylic acids is 2. The van der Waals surface area contributed by atoms with Crippen molar-refractivity contribution in [2.24, 2.45) is 0 Å². The molecule has 33 heavy (non-hydrogen) atoms. The van der Waals surface area contributed by atoms with E-state index in [0.29, 0.717) is 22.9 Å². The summed E-state index contributed by atoms with van der Waals surface area (Å²) in [5.74, 6) is 0.219. The van der Waals surface area contributed by atoms with Crippen LogP contribution >= 0.6 is 11.3 Å². The van der Waals surface area contributed by atoms with Gasteiger partial charge in [0.15, 0.2) is 6.10 Å². The van der Waals surface area contributed by atoms with Crippen LogP contribution in [0.4, 0.5) is 5.00 Å². The van der Waals surface area contributed by atoms with Gasteiger partial charge in [-0.3, -0.25) is 4.79 Å². The molecule has 0 radical (unpaired) electrons. The van der Waals surface area contributed by atoms with Crippen LogP contribution in [0.15, 0.2) is 54.6 Å². The number of aryl methyl sites for hydroxylation is 1. The molecule has 2 atom stereocenters. The van der Waals surface area contributed by atoms with Crippen molar-refractivity contribution < 1.29 is 19.1 Å². The first kappa shape index (κ1) is 23.1. The molecule has 2 aromatic carbocycles. The van der Waals surface area contributed by atoms with E-state index in [4.69, 9.17) is 9.47 Å². The predicted molar refractivity (Wildman–Crippen MR) is 132 cm³/mol. The summed E-state index contributed by atoms with van der Waals surface area (Å²) >= 11 is 1.48. The molecule has 0 spiro atoms. The van der Waals surface area contributed by atoms with Crippen LogP contribution in [0.5, 0.6) is 5.75 Å². The molecule has 1 aliphatic rings. The number of ether oxygens (including phenoxy) is 2. The van der Waals surface area contributed by atoms with Gasteiger partial charge in [0, 0.05) is 4.88 Å². The lowest BCUT2D eigenvalue weighted by molar-refractivity contribution is -0.122. The van der Waals surface area contributed by atoms with Crippen LogP contribution in [0.1, 0.15) is 60.3 Å². The van der Waals surface area contributed by atoms with Crippen LogP contribution in [-0.4, -0.2) is 24.6 Å². The van der Waals surface area contributed by atoms with E-state index in [2.05, 4.69) is 24.4 Å². The molecule has 0 saturated carbocycles. The van der Waals surface area contributed by atoms with Gasteiger partial charge >= 0.3 is 5.97 Å². The molecule has 1 aliphatic carbocycles. The van der Waals surface area contributed by atoms with Crippen LogP contribution in [0.25, 0.3) is 11.1 Å². The van der Waals surface area contributed by atoms with E-state index in [1.807, 2.05) is 42.5 Å². The van der Waals surface area contributed by atoms with Crippen molar-refractivity contribution in [3.63, 3.8) is 0 Å². The second kappa shape index (κ2) is 10.2. The minimum absolute atomic E-state index is 0.270. The van der Waals surface area contributed by atoms with Crippen molar-refractivity contribution in [1.82, 2.24) is 0 Å². The summed E-state index contributed by atoms with van der Waals surface area (Å²) in [6.07, 6.45) is 2.32. The number of fused-ring (bicyclic) bond motifs is 1. The first-order valence-electron chi connectivity index (χ1n) is 11.4. The fourth-order valence-corrected chi connectivity index (χ4v) is 5.59. The average Bonchev–Trinajstić information content (AvgIpc) is 3.19. The average molecular weight is 464 g/mol. The number of carbonyl (C=O) groups is 2. The highest BCUT2D eigenvalue weighted by Crippen LogP contribution is 2.43. The van der Waals surface area contributed by atoms with E-state index in [-0.39, 0.29) is 17.8 Å². The molecule has 2 unspecified atom stereocenters. The summed E-state index contributed by atoms with van der Waals surface area (Å²) in [6, 6.07) is 17.8. The van der Waals surface area contributed by atoms with Crippen molar-refractivity contribution in [3.8, 4) is 16.9 Å². The lowest BCUT2D eigenvalue weighted by atomic mass is 9.86. The lowest BCUT2D eigenvalue weighted by Gasteiger charge is -2.20. The molecule has 3 aromatic rings. The van der Waals surface area contributed by atoms with Gasteiger partial charge in [0.05, 0.1) is 12.2 Å². The number of hydrogen-bond acceptors (Lipinski definition) is 5. The first-order valence-corrected chi connectivity index (χ1v) is 12.2. The Kier molecular flexibility index (Phi) is 7.14. The molecule has 0 bridgehead atoms. The fourth-order valence-electron chi connectivity index (χ4n) is 4.23. The molecular weight excluding hydrogens is 434 g/mol. The standard InChI is InChI=1S/C27H29NO4S/c1-4-31-27(30)24-23-17(2)9-8-12-22(23)33-26(24)28-25(29)18(3)32-21-15-13-20(14-16-21)19-10-6-5-7-11-19/h5-7,10-11,13-18H,4,8-9,12H2,1-3H3,(H,28,29). The molecule has 172 valence electrons. The number of nitrogens with one attached hydrogen (secondary N) is 1. The largest absolute Gasteiger partial charge is 0.481 e. The van der Waals surface area contributed by atoms with Crippen LogP contribution in [0.3, 0.4) is 0 Å². The summed E-state index contributed by atoms with van der Waals surface area (Å²) in [4.78, 5) is 26.9. The summed E-state index contributed by atoms with van der Waals surface area (Å²) in [7, 11) is 0. The van der Waals surface area contributed by atoms with Gasteiger partial charge in [0.1, 0.15) is 10.8 Å². The minimum atomic E-state index is -0.723. The van der Waals surface area contributed by atoms with Gasteiger partial charge in [-0.25, -0.2) is 4.79 Å². The van der Waals surface area contributed by atoms with E-state index in [9.17, 15) is 9.59 Å². The molecule has 1 aromatic heterocycles. The highest BCUT2D eigenvalue weighted by molar-refractivity contribution is 7.17. The predicted octanol–water partition coefficient (Wildman–Crippen LogP) is 6.44. The van der Waals surface area contributed by atoms with Crippen LogP contribution < -0.4 is 10.1 Å². The molecule has 1 N–H and O–H groups in total. The van der Waals surface area contributed by atoms with E-state index >= 15 is 0 Å². The molecule has 0 aliphatic heterocycles. The minimum Gasteiger partial charge on any atom is -0.481 e. The van der Waals surface area contributed by atoms with Crippen LogP contribution in [0.2, 0.25) is 0 Å². The number of thiophene rings is 1. The summed E-state index contributed by atoms with van der Waals surface area (Å²) in [5.41, 5.74) is 3.75. The van der Waals surface area contributed by atoms with Crippen molar-refractivity contribution >= 4 is 28.2 Å². The third-order valence-corrected chi connectivity index (χ3v) is 7.10. The van der Waals surface area contributed by atoms with Gasteiger partial charge in [-0.1, -0.05) is 49.4 Å². The SMILES string of the molecule is CCOC(=O)c1c(NC(=O)C(C)Oc2ccc(-c3ccccc3)cc2)sc2c1C(C)CCC2. The van der Waals surface area contributed by atoms with Crippen LogP contribution in [0, 0.1) is 0 Å². The van der Waals surface area contributed by atoms with E-state index in [1.54, 1.807) is 13.8 Å². The van der Waals surface area contributed by atoms with Gasteiger partial charge in [0.25, 0.3) is 5.91 Å². The Morgan fingerprint density at radius 1 is 1.09 bits per heavy atom. The number of rotatable bonds is 7.